The van der Waals surface area contributed by atoms with Gasteiger partial charge in [-0.3, -0.25) is 4.90 Å². The molecule has 0 aliphatic carbocycles. The number of hydrogen-bond acceptors (Lipinski definition) is 6. The first-order valence-corrected chi connectivity index (χ1v) is 8.62. The molecular formula is C19H23N3O3. The van der Waals surface area contributed by atoms with Crippen LogP contribution in [0.2, 0.25) is 0 Å². The van der Waals surface area contributed by atoms with E-state index >= 15 is 0 Å². The molecule has 4 rings (SSSR count). The van der Waals surface area contributed by atoms with Crippen LogP contribution in [0.4, 0.5) is 0 Å². The fourth-order valence-corrected chi connectivity index (χ4v) is 4.17. The number of ether oxygens (including phenoxy) is 2. The van der Waals surface area contributed by atoms with Crippen LogP contribution in [0.15, 0.2) is 18.3 Å². The van der Waals surface area contributed by atoms with Crippen molar-refractivity contribution in [3.63, 3.8) is 0 Å². The predicted molar refractivity (Wildman–Crippen MR) is 93.0 cm³/mol. The molecule has 2 aromatic rings. The van der Waals surface area contributed by atoms with Gasteiger partial charge >= 0.3 is 0 Å². The minimum Gasteiger partial charge on any atom is -0.502 e. The van der Waals surface area contributed by atoms with E-state index in [-0.39, 0.29) is 5.75 Å². The van der Waals surface area contributed by atoms with E-state index in [4.69, 9.17) is 9.47 Å². The van der Waals surface area contributed by atoms with Gasteiger partial charge in [0.05, 0.1) is 19.9 Å². The summed E-state index contributed by atoms with van der Waals surface area (Å²) in [4.78, 5) is 11.6. The molecule has 1 saturated heterocycles. The van der Waals surface area contributed by atoms with Crippen LogP contribution in [0.3, 0.4) is 0 Å². The Hall–Kier alpha value is -2.34. The molecule has 1 N–H and O–H groups in total. The highest BCUT2D eigenvalue weighted by Gasteiger charge is 2.40. The third kappa shape index (κ3) is 2.70. The van der Waals surface area contributed by atoms with Gasteiger partial charge < -0.3 is 14.6 Å². The molecule has 1 aromatic carbocycles. The Labute approximate surface area is 147 Å². The van der Waals surface area contributed by atoms with Crippen LogP contribution >= 0.6 is 0 Å². The molecule has 2 atom stereocenters. The van der Waals surface area contributed by atoms with Crippen molar-refractivity contribution in [2.24, 2.45) is 0 Å². The maximum atomic E-state index is 10.1. The number of benzene rings is 1. The fraction of sp³-hybridized carbons (Fsp3) is 0.474. The summed E-state index contributed by atoms with van der Waals surface area (Å²) >= 11 is 0. The molecule has 0 spiro atoms. The van der Waals surface area contributed by atoms with Crippen molar-refractivity contribution in [2.75, 3.05) is 14.2 Å². The van der Waals surface area contributed by atoms with E-state index in [2.05, 4.69) is 14.9 Å². The Bertz CT molecular complexity index is 783. The van der Waals surface area contributed by atoms with Crippen LogP contribution in [-0.2, 0) is 13.0 Å². The third-order valence-electron chi connectivity index (χ3n) is 5.36. The lowest BCUT2D eigenvalue weighted by atomic mass is 9.98. The van der Waals surface area contributed by atoms with Crippen LogP contribution in [0.25, 0.3) is 0 Å². The lowest BCUT2D eigenvalue weighted by Gasteiger charge is -2.35. The number of fused-ring (bicyclic) bond motifs is 4. The highest BCUT2D eigenvalue weighted by atomic mass is 16.5. The molecule has 1 aromatic heterocycles. The zero-order chi connectivity index (χ0) is 17.6. The lowest BCUT2D eigenvalue weighted by molar-refractivity contribution is 0.165. The Balaban J connectivity index is 1.65. The molecule has 2 aliphatic heterocycles. The number of aromatic hydroxyl groups is 1. The number of methoxy groups -OCH3 is 2. The molecule has 0 saturated carbocycles. The predicted octanol–water partition coefficient (Wildman–Crippen LogP) is 2.77. The molecule has 2 bridgehead atoms. The second-order valence-electron chi connectivity index (χ2n) is 6.79. The zero-order valence-corrected chi connectivity index (χ0v) is 14.8. The van der Waals surface area contributed by atoms with Crippen LogP contribution in [0, 0.1) is 6.92 Å². The van der Waals surface area contributed by atoms with Gasteiger partial charge in [-0.15, -0.1) is 0 Å². The number of phenols is 1. The number of aromatic nitrogens is 2. The summed E-state index contributed by atoms with van der Waals surface area (Å²) in [7, 11) is 3.11. The van der Waals surface area contributed by atoms with Crippen molar-refractivity contribution in [2.45, 2.75) is 44.8 Å². The molecule has 1 fully saturated rings. The van der Waals surface area contributed by atoms with Crippen molar-refractivity contribution in [3.8, 4) is 17.2 Å². The molecular weight excluding hydrogens is 318 g/mol. The Morgan fingerprint density at radius 2 is 1.92 bits per heavy atom. The normalized spacial score (nSPS) is 21.9. The summed E-state index contributed by atoms with van der Waals surface area (Å²) in [6, 6.07) is 4.63. The molecule has 2 aliphatic rings. The highest BCUT2D eigenvalue weighted by molar-refractivity contribution is 5.52. The van der Waals surface area contributed by atoms with Crippen molar-refractivity contribution in [1.82, 2.24) is 14.9 Å². The van der Waals surface area contributed by atoms with Crippen LogP contribution in [0.1, 0.15) is 41.5 Å². The molecule has 0 amide bonds. The summed E-state index contributed by atoms with van der Waals surface area (Å²) in [5.41, 5.74) is 3.54. The minimum absolute atomic E-state index is 0.0459. The van der Waals surface area contributed by atoms with E-state index in [0.29, 0.717) is 23.6 Å². The van der Waals surface area contributed by atoms with Gasteiger partial charge in [0.15, 0.2) is 11.5 Å². The lowest BCUT2D eigenvalue weighted by Crippen LogP contribution is -2.37. The van der Waals surface area contributed by atoms with E-state index in [1.165, 1.54) is 17.7 Å². The Morgan fingerprint density at radius 3 is 2.60 bits per heavy atom. The second kappa shape index (κ2) is 6.19. The van der Waals surface area contributed by atoms with Crippen molar-refractivity contribution >= 4 is 0 Å². The first-order chi connectivity index (χ1) is 12.1. The number of hydrogen-bond donors (Lipinski definition) is 1. The first kappa shape index (κ1) is 16.1. The molecule has 0 radical (unpaired) electrons. The van der Waals surface area contributed by atoms with Gasteiger partial charge in [-0.25, -0.2) is 9.97 Å². The first-order valence-electron chi connectivity index (χ1n) is 8.62. The van der Waals surface area contributed by atoms with Gasteiger partial charge in [0.2, 0.25) is 5.75 Å². The maximum Gasteiger partial charge on any atom is 0.200 e. The maximum absolute atomic E-state index is 10.1. The van der Waals surface area contributed by atoms with Crippen molar-refractivity contribution < 1.29 is 14.6 Å². The van der Waals surface area contributed by atoms with E-state index < -0.39 is 0 Å². The Kier molecular flexibility index (Phi) is 4.00. The van der Waals surface area contributed by atoms with Gasteiger partial charge in [-0.2, -0.15) is 0 Å². The minimum atomic E-state index is 0.0459. The monoisotopic (exact) mass is 341 g/mol. The molecule has 132 valence electrons. The molecule has 6 nitrogen and oxygen atoms in total. The zero-order valence-electron chi connectivity index (χ0n) is 14.8. The smallest absolute Gasteiger partial charge is 0.200 e. The van der Waals surface area contributed by atoms with Gasteiger partial charge in [0.1, 0.15) is 5.82 Å². The molecule has 25 heavy (non-hydrogen) atoms. The number of aryl methyl sites for hydroxylation is 1. The topological polar surface area (TPSA) is 67.7 Å². The second-order valence-corrected chi connectivity index (χ2v) is 6.79. The van der Waals surface area contributed by atoms with Crippen molar-refractivity contribution in [3.05, 3.63) is 41.0 Å². The van der Waals surface area contributed by atoms with Crippen LogP contribution < -0.4 is 9.47 Å². The standard InChI is InChI=1S/C19H23N3O3/c1-11-20-9-14-15(21-11)8-13-4-5-16(14)22(13)10-12-6-17(24-2)19(23)18(7-12)25-3/h6-7,9,13,16,23H,4-5,8,10H2,1-3H3. The van der Waals surface area contributed by atoms with Crippen molar-refractivity contribution in [1.29, 1.82) is 0 Å². The van der Waals surface area contributed by atoms with E-state index in [9.17, 15) is 5.11 Å². The SMILES string of the molecule is COc1cc(CN2C3CCC2c2cnc(C)nc2C3)cc(OC)c1O. The van der Waals surface area contributed by atoms with Gasteiger partial charge in [0, 0.05) is 36.8 Å². The number of phenolic OH excluding ortho intramolecular Hbond substituents is 1. The largest absolute Gasteiger partial charge is 0.502 e. The molecule has 6 heteroatoms. The summed E-state index contributed by atoms with van der Waals surface area (Å²) < 4.78 is 10.6. The van der Waals surface area contributed by atoms with E-state index in [0.717, 1.165) is 30.8 Å². The average molecular weight is 341 g/mol. The van der Waals surface area contributed by atoms with E-state index in [1.54, 1.807) is 14.2 Å². The number of nitrogens with zero attached hydrogens (tertiary/aromatic N) is 3. The molecule has 2 unspecified atom stereocenters. The fourth-order valence-electron chi connectivity index (χ4n) is 4.17. The third-order valence-corrected chi connectivity index (χ3v) is 5.36. The summed E-state index contributed by atoms with van der Waals surface area (Å²) in [6.45, 7) is 2.74. The number of rotatable bonds is 4. The quantitative estimate of drug-likeness (QED) is 0.922. The summed E-state index contributed by atoms with van der Waals surface area (Å²) in [5.74, 6) is 1.78. The van der Waals surface area contributed by atoms with Gasteiger partial charge in [0.25, 0.3) is 0 Å². The summed E-state index contributed by atoms with van der Waals surface area (Å²) in [5, 5.41) is 10.1. The van der Waals surface area contributed by atoms with Crippen LogP contribution in [0.5, 0.6) is 17.2 Å². The summed E-state index contributed by atoms with van der Waals surface area (Å²) in [6.07, 6.45) is 5.28. The van der Waals surface area contributed by atoms with E-state index in [1.807, 2.05) is 25.3 Å². The average Bonchev–Trinajstić information content (AvgIpc) is 2.88. The van der Waals surface area contributed by atoms with Gasteiger partial charge in [-0.1, -0.05) is 0 Å². The Morgan fingerprint density at radius 1 is 1.20 bits per heavy atom. The highest BCUT2D eigenvalue weighted by Crippen LogP contribution is 2.45. The van der Waals surface area contributed by atoms with Gasteiger partial charge in [-0.05, 0) is 37.5 Å². The molecule has 3 heterocycles. The van der Waals surface area contributed by atoms with Crippen LogP contribution in [-0.4, -0.2) is 40.2 Å².